The predicted octanol–water partition coefficient (Wildman–Crippen LogP) is 1.96. The summed E-state index contributed by atoms with van der Waals surface area (Å²) in [6.45, 7) is 0. The minimum absolute atomic E-state index is 0. The van der Waals surface area contributed by atoms with E-state index in [0.717, 1.165) is 0 Å². The van der Waals surface area contributed by atoms with Crippen LogP contribution in [0.4, 0.5) is 9.59 Å². The quantitative estimate of drug-likeness (QED) is 0.496. The summed E-state index contributed by atoms with van der Waals surface area (Å²) in [5.41, 5.74) is 0. The predicted molar refractivity (Wildman–Crippen MR) is 52.6 cm³/mol. The minimum Gasteiger partial charge on any atom is -0.450 e. The second-order valence-corrected chi connectivity index (χ2v) is 2.69. The first-order chi connectivity index (χ1) is 6.46. The third-order valence-electron chi connectivity index (χ3n) is 1.50. The van der Waals surface area contributed by atoms with E-state index in [0.29, 0.717) is 0 Å². The van der Waals surface area contributed by atoms with Crippen LogP contribution in [0.15, 0.2) is 0 Å². The fourth-order valence-electron chi connectivity index (χ4n) is 1.06. The molecule has 0 bridgehead atoms. The van der Waals surface area contributed by atoms with Gasteiger partial charge in [0.05, 0.1) is 0 Å². The second kappa shape index (κ2) is 15.0. The van der Waals surface area contributed by atoms with Crippen LogP contribution in [-0.4, -0.2) is 38.2 Å². The molecule has 0 aromatic carbocycles. The van der Waals surface area contributed by atoms with Crippen LogP contribution in [0.3, 0.4) is 0 Å². The van der Waals surface area contributed by atoms with E-state index >= 15 is 0 Å². The Labute approximate surface area is 87.3 Å². The maximum Gasteiger partial charge on any atom is 0.503 e. The molecule has 0 aliphatic heterocycles. The summed E-state index contributed by atoms with van der Waals surface area (Å²) in [5.74, 6) is 0. The number of hydrogen-bond acceptors (Lipinski definition) is 2. The van der Waals surface area contributed by atoms with Gasteiger partial charge in [-0.25, -0.2) is 9.59 Å². The maximum atomic E-state index is 8.56. The number of hydrogen-bond donors (Lipinski definition) is 4. The molecular weight excluding hydrogens is 208 g/mol. The minimum atomic E-state index is -1.83. The number of carbonyl (C=O) groups is 2. The number of carboxylic acid groups (broad SMARTS) is 4. The largest absolute Gasteiger partial charge is 0.503 e. The van der Waals surface area contributed by atoms with E-state index in [1.165, 1.54) is 38.5 Å². The zero-order valence-corrected chi connectivity index (χ0v) is 8.35. The van der Waals surface area contributed by atoms with Crippen molar-refractivity contribution in [1.82, 2.24) is 0 Å². The fourth-order valence-corrected chi connectivity index (χ4v) is 1.06. The highest BCUT2D eigenvalue weighted by molar-refractivity contribution is 5.53. The molecule has 0 unspecified atom stereocenters. The van der Waals surface area contributed by atoms with Gasteiger partial charge in [-0.1, -0.05) is 38.5 Å². The summed E-state index contributed by atoms with van der Waals surface area (Å²) in [6, 6.07) is 0. The molecule has 7 nitrogen and oxygen atoms in total. The first-order valence-electron chi connectivity index (χ1n) is 4.30. The Bertz CT molecular complexity index is 122. The van der Waals surface area contributed by atoms with Crippen molar-refractivity contribution in [2.24, 2.45) is 0 Å². The van der Waals surface area contributed by atoms with E-state index in [2.05, 4.69) is 0 Å². The fraction of sp³-hybridized carbons (Fsp3) is 0.750. The van der Waals surface area contributed by atoms with Gasteiger partial charge in [-0.3, -0.25) is 0 Å². The Morgan fingerprint density at radius 3 is 0.733 bits per heavy atom. The molecule has 7 heteroatoms. The highest BCUT2D eigenvalue weighted by Gasteiger charge is 1.95. The monoisotopic (exact) mass is 226 g/mol. The molecule has 6 N–H and O–H groups in total. The maximum absolute atomic E-state index is 8.56. The third-order valence-corrected chi connectivity index (χ3v) is 1.50. The van der Waals surface area contributed by atoms with Crippen LogP contribution in [-0.2, 0) is 0 Å². The smallest absolute Gasteiger partial charge is 0.450 e. The zero-order valence-electron chi connectivity index (χ0n) is 8.35. The Morgan fingerprint density at radius 2 is 0.667 bits per heavy atom. The van der Waals surface area contributed by atoms with Gasteiger partial charge in [-0.2, -0.15) is 0 Å². The highest BCUT2D eigenvalue weighted by Crippen LogP contribution is 2.15. The highest BCUT2D eigenvalue weighted by atomic mass is 16.6. The molecule has 0 radical (unpaired) electrons. The van der Waals surface area contributed by atoms with Gasteiger partial charge in [0.15, 0.2) is 0 Å². The molecule has 1 fully saturated rings. The SMILES string of the molecule is C1CCCCC1.O.O=C(O)O.O=C(O)O. The lowest BCUT2D eigenvalue weighted by molar-refractivity contribution is 0.135. The van der Waals surface area contributed by atoms with Crippen LogP contribution in [0, 0.1) is 0 Å². The van der Waals surface area contributed by atoms with Crippen LogP contribution in [0.5, 0.6) is 0 Å². The van der Waals surface area contributed by atoms with Crippen LogP contribution in [0.2, 0.25) is 0 Å². The molecule has 0 heterocycles. The first-order valence-corrected chi connectivity index (χ1v) is 4.30. The third kappa shape index (κ3) is 68.1. The molecule has 0 amide bonds. The van der Waals surface area contributed by atoms with Crippen molar-refractivity contribution < 1.29 is 35.5 Å². The molecular formula is C8H18O7. The Hall–Kier alpha value is -1.50. The van der Waals surface area contributed by atoms with Gasteiger partial charge < -0.3 is 25.9 Å². The van der Waals surface area contributed by atoms with Crippen LogP contribution < -0.4 is 0 Å². The molecule has 1 saturated carbocycles. The molecule has 1 aliphatic carbocycles. The van der Waals surface area contributed by atoms with E-state index < -0.39 is 12.3 Å². The van der Waals surface area contributed by atoms with E-state index in [4.69, 9.17) is 30.0 Å². The van der Waals surface area contributed by atoms with E-state index in [-0.39, 0.29) is 5.48 Å². The van der Waals surface area contributed by atoms with E-state index in [1.807, 2.05) is 0 Å². The second-order valence-electron chi connectivity index (χ2n) is 2.69. The van der Waals surface area contributed by atoms with Crippen molar-refractivity contribution >= 4 is 12.3 Å². The lowest BCUT2D eigenvalue weighted by Gasteiger charge is -2.05. The van der Waals surface area contributed by atoms with Crippen molar-refractivity contribution in [2.75, 3.05) is 0 Å². The van der Waals surface area contributed by atoms with Gasteiger partial charge in [0.1, 0.15) is 0 Å². The average molecular weight is 226 g/mol. The van der Waals surface area contributed by atoms with Gasteiger partial charge in [0.2, 0.25) is 0 Å². The Kier molecular flexibility index (Phi) is 19.1. The summed E-state index contributed by atoms with van der Waals surface area (Å²) in [5, 5.41) is 27.9. The molecule has 0 spiro atoms. The van der Waals surface area contributed by atoms with E-state index in [1.54, 1.807) is 0 Å². The summed E-state index contributed by atoms with van der Waals surface area (Å²) >= 11 is 0. The van der Waals surface area contributed by atoms with Crippen LogP contribution >= 0.6 is 0 Å². The molecule has 1 aliphatic rings. The Morgan fingerprint density at radius 1 is 0.600 bits per heavy atom. The van der Waals surface area contributed by atoms with Crippen molar-refractivity contribution in [2.45, 2.75) is 38.5 Å². The molecule has 0 saturated heterocycles. The lowest BCUT2D eigenvalue weighted by atomic mass is 10.0. The average Bonchev–Trinajstić information content (AvgIpc) is 2.05. The van der Waals surface area contributed by atoms with Crippen LogP contribution in [0.1, 0.15) is 38.5 Å². The summed E-state index contributed by atoms with van der Waals surface area (Å²) < 4.78 is 0. The summed E-state index contributed by atoms with van der Waals surface area (Å²) in [4.78, 5) is 17.1. The van der Waals surface area contributed by atoms with Gasteiger partial charge in [-0.05, 0) is 0 Å². The summed E-state index contributed by atoms with van der Waals surface area (Å²) in [7, 11) is 0. The first kappa shape index (κ1) is 19.1. The van der Waals surface area contributed by atoms with Crippen molar-refractivity contribution in [3.8, 4) is 0 Å². The standard InChI is InChI=1S/C6H12.2CH2O3.H2O/c1-2-4-6-5-3-1;2*2-1(3)4;/h1-6H2;2*(H2,2,3,4);1H2. The lowest BCUT2D eigenvalue weighted by Crippen LogP contribution is -1.85. The van der Waals surface area contributed by atoms with E-state index in [9.17, 15) is 0 Å². The molecule has 0 atom stereocenters. The molecule has 92 valence electrons. The molecule has 1 rings (SSSR count). The topological polar surface area (TPSA) is 147 Å². The van der Waals surface area contributed by atoms with Gasteiger partial charge in [-0.15, -0.1) is 0 Å². The van der Waals surface area contributed by atoms with Crippen molar-refractivity contribution in [1.29, 1.82) is 0 Å². The molecule has 15 heavy (non-hydrogen) atoms. The van der Waals surface area contributed by atoms with Crippen molar-refractivity contribution in [3.63, 3.8) is 0 Å². The van der Waals surface area contributed by atoms with Gasteiger partial charge in [0, 0.05) is 0 Å². The Balaban J connectivity index is -0.000000145. The normalized spacial score (nSPS) is 12.8. The van der Waals surface area contributed by atoms with Crippen LogP contribution in [0.25, 0.3) is 0 Å². The number of rotatable bonds is 0. The van der Waals surface area contributed by atoms with Gasteiger partial charge >= 0.3 is 12.3 Å². The van der Waals surface area contributed by atoms with Crippen molar-refractivity contribution in [3.05, 3.63) is 0 Å². The summed E-state index contributed by atoms with van der Waals surface area (Å²) in [6.07, 6.45) is 5.33. The van der Waals surface area contributed by atoms with Gasteiger partial charge in [0.25, 0.3) is 0 Å². The molecule has 0 aromatic rings. The zero-order chi connectivity index (χ0) is 11.4. The molecule has 0 aromatic heterocycles.